The fourth-order valence-corrected chi connectivity index (χ4v) is 4.37. The van der Waals surface area contributed by atoms with E-state index in [0.29, 0.717) is 36.8 Å². The number of aromatic nitrogens is 4. The lowest BCUT2D eigenvalue weighted by atomic mass is 10.2. The van der Waals surface area contributed by atoms with Crippen LogP contribution in [0.15, 0.2) is 46.4 Å². The summed E-state index contributed by atoms with van der Waals surface area (Å²) in [6, 6.07) is 9.68. The first kappa shape index (κ1) is 19.4. The van der Waals surface area contributed by atoms with Gasteiger partial charge in [0.1, 0.15) is 5.69 Å². The summed E-state index contributed by atoms with van der Waals surface area (Å²) in [6.45, 7) is 2.60. The summed E-state index contributed by atoms with van der Waals surface area (Å²) in [6.07, 6.45) is 3.17. The monoisotopic (exact) mass is 425 g/mol. The van der Waals surface area contributed by atoms with E-state index in [0.717, 1.165) is 22.0 Å². The molecule has 1 N–H and O–H groups in total. The van der Waals surface area contributed by atoms with Crippen LogP contribution in [0.1, 0.15) is 22.2 Å². The Morgan fingerprint density at radius 2 is 2.07 bits per heavy atom. The van der Waals surface area contributed by atoms with Gasteiger partial charge < -0.3 is 9.84 Å². The highest BCUT2D eigenvalue weighted by molar-refractivity contribution is 7.16. The number of hydrogen-bond acceptors (Lipinski definition) is 8. The van der Waals surface area contributed by atoms with E-state index in [2.05, 4.69) is 42.9 Å². The number of thiazole rings is 1. The molecule has 0 aromatic carbocycles. The largest absolute Gasteiger partial charge is 0.356 e. The zero-order valence-electron chi connectivity index (χ0n) is 15.8. The Labute approximate surface area is 175 Å². The summed E-state index contributed by atoms with van der Waals surface area (Å²) in [4.78, 5) is 27.5. The van der Waals surface area contributed by atoms with Crippen LogP contribution in [0.4, 0.5) is 0 Å². The topological polar surface area (TPSA) is 93.8 Å². The van der Waals surface area contributed by atoms with Crippen LogP contribution in [0.3, 0.4) is 0 Å². The van der Waals surface area contributed by atoms with Gasteiger partial charge in [0, 0.05) is 35.8 Å². The predicted molar refractivity (Wildman–Crippen MR) is 113 cm³/mol. The molecule has 0 fully saturated rings. The maximum Gasteiger partial charge on any atom is 0.227 e. The molecule has 0 radical (unpaired) electrons. The molecule has 4 aromatic heterocycles. The summed E-state index contributed by atoms with van der Waals surface area (Å²) in [5.74, 6) is 0.835. The van der Waals surface area contributed by atoms with E-state index in [9.17, 15) is 4.79 Å². The molecule has 0 aliphatic heterocycles. The Morgan fingerprint density at radius 1 is 1.14 bits per heavy atom. The number of carbonyl (C=O) groups is 1. The van der Waals surface area contributed by atoms with E-state index in [1.165, 1.54) is 4.88 Å². The second-order valence-electron chi connectivity index (χ2n) is 6.34. The van der Waals surface area contributed by atoms with E-state index < -0.39 is 0 Å². The second kappa shape index (κ2) is 9.06. The highest BCUT2D eigenvalue weighted by atomic mass is 32.1. The van der Waals surface area contributed by atoms with Gasteiger partial charge in [-0.15, -0.1) is 22.7 Å². The fourth-order valence-electron chi connectivity index (χ4n) is 2.72. The molecule has 0 aliphatic rings. The van der Waals surface area contributed by atoms with Crippen LogP contribution in [0.2, 0.25) is 0 Å². The Bertz CT molecular complexity index is 1090. The van der Waals surface area contributed by atoms with Crippen LogP contribution in [-0.4, -0.2) is 32.6 Å². The molecule has 0 atom stereocenters. The van der Waals surface area contributed by atoms with Crippen molar-refractivity contribution in [3.63, 3.8) is 0 Å². The first-order valence-corrected chi connectivity index (χ1v) is 10.9. The molecule has 4 rings (SSSR count). The van der Waals surface area contributed by atoms with Crippen molar-refractivity contribution in [2.75, 3.05) is 6.54 Å². The molecule has 0 spiro atoms. The third-order valence-corrected chi connectivity index (χ3v) is 6.10. The lowest BCUT2D eigenvalue weighted by Gasteiger charge is -2.02. The summed E-state index contributed by atoms with van der Waals surface area (Å²) < 4.78 is 5.21. The Hall–Kier alpha value is -2.91. The minimum Gasteiger partial charge on any atom is -0.356 e. The van der Waals surface area contributed by atoms with Crippen LogP contribution in [0.25, 0.3) is 22.1 Å². The molecule has 1 amide bonds. The molecule has 4 aromatic rings. The van der Waals surface area contributed by atoms with Crippen LogP contribution in [0, 0.1) is 6.92 Å². The van der Waals surface area contributed by atoms with Gasteiger partial charge in [-0.1, -0.05) is 11.2 Å². The third kappa shape index (κ3) is 5.12. The first-order valence-electron chi connectivity index (χ1n) is 9.19. The van der Waals surface area contributed by atoms with E-state index >= 15 is 0 Å². The number of pyridine rings is 1. The third-order valence-electron chi connectivity index (χ3n) is 4.15. The predicted octanol–water partition coefficient (Wildman–Crippen LogP) is 3.92. The van der Waals surface area contributed by atoms with Gasteiger partial charge in [0.25, 0.3) is 0 Å². The Balaban J connectivity index is 1.21. The normalized spacial score (nSPS) is 10.9. The van der Waals surface area contributed by atoms with E-state index in [-0.39, 0.29) is 5.91 Å². The molecule has 9 heteroatoms. The van der Waals surface area contributed by atoms with E-state index in [1.54, 1.807) is 28.9 Å². The average Bonchev–Trinajstić information content (AvgIpc) is 3.48. The van der Waals surface area contributed by atoms with Crippen LogP contribution >= 0.6 is 22.7 Å². The molecule has 0 saturated carbocycles. The highest BCUT2D eigenvalue weighted by Crippen LogP contribution is 2.29. The maximum absolute atomic E-state index is 12.1. The number of nitrogens with zero attached hydrogens (tertiary/aromatic N) is 4. The SMILES string of the molecule is Cc1nc(-c2ccc(CCNC(=O)CCc3nc(-c4ccccn4)no3)s2)cs1. The van der Waals surface area contributed by atoms with Crippen LogP contribution < -0.4 is 5.32 Å². The molecule has 0 bridgehead atoms. The van der Waals surface area contributed by atoms with Gasteiger partial charge in [-0.2, -0.15) is 4.98 Å². The van der Waals surface area contributed by atoms with E-state index in [1.807, 2.05) is 25.1 Å². The average molecular weight is 426 g/mol. The van der Waals surface area contributed by atoms with Crippen molar-refractivity contribution in [3.8, 4) is 22.1 Å². The number of thiophene rings is 1. The van der Waals surface area contributed by atoms with Gasteiger partial charge >= 0.3 is 0 Å². The Kier molecular flexibility index (Phi) is 6.06. The molecule has 29 heavy (non-hydrogen) atoms. The molecule has 0 unspecified atom stereocenters. The number of aryl methyl sites for hydroxylation is 2. The lowest BCUT2D eigenvalue weighted by molar-refractivity contribution is -0.121. The molecular weight excluding hydrogens is 406 g/mol. The van der Waals surface area contributed by atoms with Gasteiger partial charge in [-0.05, 0) is 37.6 Å². The van der Waals surface area contributed by atoms with Crippen LogP contribution in [0.5, 0.6) is 0 Å². The summed E-state index contributed by atoms with van der Waals surface area (Å²) >= 11 is 3.37. The van der Waals surface area contributed by atoms with Crippen molar-refractivity contribution in [2.45, 2.75) is 26.2 Å². The summed E-state index contributed by atoms with van der Waals surface area (Å²) in [5.41, 5.74) is 1.67. The Morgan fingerprint density at radius 3 is 2.86 bits per heavy atom. The van der Waals surface area contributed by atoms with Gasteiger partial charge in [0.05, 0.1) is 15.6 Å². The summed E-state index contributed by atoms with van der Waals surface area (Å²) in [5, 5.41) is 9.99. The van der Waals surface area contributed by atoms with Gasteiger partial charge in [-0.25, -0.2) is 4.98 Å². The van der Waals surface area contributed by atoms with Gasteiger partial charge in [-0.3, -0.25) is 9.78 Å². The van der Waals surface area contributed by atoms with Gasteiger partial charge in [0.15, 0.2) is 0 Å². The molecule has 0 aliphatic carbocycles. The zero-order valence-corrected chi connectivity index (χ0v) is 17.4. The second-order valence-corrected chi connectivity index (χ2v) is 8.57. The zero-order chi connectivity index (χ0) is 20.1. The molecule has 148 valence electrons. The van der Waals surface area contributed by atoms with Crippen molar-refractivity contribution in [2.24, 2.45) is 0 Å². The molecule has 7 nitrogen and oxygen atoms in total. The molecular formula is C20H19N5O2S2. The molecule has 0 saturated heterocycles. The number of rotatable bonds is 8. The first-order chi connectivity index (χ1) is 14.2. The van der Waals surface area contributed by atoms with Crippen molar-refractivity contribution < 1.29 is 9.32 Å². The summed E-state index contributed by atoms with van der Waals surface area (Å²) in [7, 11) is 0. The maximum atomic E-state index is 12.1. The minimum absolute atomic E-state index is 0.0329. The fraction of sp³-hybridized carbons (Fsp3) is 0.250. The highest BCUT2D eigenvalue weighted by Gasteiger charge is 2.11. The molecule has 4 heterocycles. The van der Waals surface area contributed by atoms with Crippen molar-refractivity contribution in [1.82, 2.24) is 25.4 Å². The quantitative estimate of drug-likeness (QED) is 0.460. The van der Waals surface area contributed by atoms with Crippen molar-refractivity contribution >= 4 is 28.6 Å². The van der Waals surface area contributed by atoms with Crippen molar-refractivity contribution in [3.05, 3.63) is 57.7 Å². The lowest BCUT2D eigenvalue weighted by Crippen LogP contribution is -2.25. The standard InChI is InChI=1S/C20H19N5O2S2/c1-13-23-16(12-28-13)17-6-5-14(29-17)9-11-22-18(26)7-8-19-24-20(25-27-19)15-4-2-3-10-21-15/h2-6,10,12H,7-9,11H2,1H3,(H,22,26). The number of carbonyl (C=O) groups excluding carboxylic acids is 1. The smallest absolute Gasteiger partial charge is 0.227 e. The van der Waals surface area contributed by atoms with Gasteiger partial charge in [0.2, 0.25) is 17.6 Å². The number of amides is 1. The van der Waals surface area contributed by atoms with Crippen LogP contribution in [-0.2, 0) is 17.6 Å². The van der Waals surface area contributed by atoms with Crippen molar-refractivity contribution in [1.29, 1.82) is 0 Å². The number of hydrogen-bond donors (Lipinski definition) is 1. The minimum atomic E-state index is -0.0329. The number of nitrogens with one attached hydrogen (secondary N) is 1. The van der Waals surface area contributed by atoms with E-state index in [4.69, 9.17) is 4.52 Å².